The van der Waals surface area contributed by atoms with Crippen molar-refractivity contribution in [3.05, 3.63) is 36.0 Å². The summed E-state index contributed by atoms with van der Waals surface area (Å²) in [5.41, 5.74) is 7.30. The number of hydrogen-bond donors (Lipinski definition) is 4. The number of nitrogens with one attached hydrogen (secondary N) is 2. The van der Waals surface area contributed by atoms with Crippen molar-refractivity contribution in [3.8, 4) is 0 Å². The van der Waals surface area contributed by atoms with Crippen molar-refractivity contribution >= 4 is 28.7 Å². The third-order valence-corrected chi connectivity index (χ3v) is 5.21. The summed E-state index contributed by atoms with van der Waals surface area (Å²) in [4.78, 5) is 39.1. The van der Waals surface area contributed by atoms with E-state index < -0.39 is 29.9 Å². The Balaban J connectivity index is 1.99. The number of aliphatic carboxylic acids is 1. The lowest BCUT2D eigenvalue weighted by Gasteiger charge is -2.18. The summed E-state index contributed by atoms with van der Waals surface area (Å²) in [5, 5.41) is 12.6. The van der Waals surface area contributed by atoms with Gasteiger partial charge < -0.3 is 25.9 Å². The summed E-state index contributed by atoms with van der Waals surface area (Å²) >= 11 is 0. The molecular weight excluding hydrogens is 398 g/mol. The van der Waals surface area contributed by atoms with Crippen LogP contribution < -0.4 is 11.1 Å². The van der Waals surface area contributed by atoms with Gasteiger partial charge in [-0.05, 0) is 24.5 Å². The molecule has 0 aliphatic carbocycles. The number of benzene rings is 1. The number of amides is 1. The van der Waals surface area contributed by atoms with E-state index in [1.807, 2.05) is 30.5 Å². The average molecular weight is 432 g/mol. The van der Waals surface area contributed by atoms with Gasteiger partial charge in [0.15, 0.2) is 0 Å². The number of aromatic amines is 1. The Kier molecular flexibility index (Phi) is 10.0. The molecule has 2 aromatic rings. The zero-order valence-corrected chi connectivity index (χ0v) is 18.1. The number of esters is 1. The predicted molar refractivity (Wildman–Crippen MR) is 118 cm³/mol. The zero-order valence-electron chi connectivity index (χ0n) is 18.1. The summed E-state index contributed by atoms with van der Waals surface area (Å²) in [6.07, 6.45) is 7.19. The van der Waals surface area contributed by atoms with Gasteiger partial charge in [-0.3, -0.25) is 9.59 Å². The number of hydrogen-bond acceptors (Lipinski definition) is 5. The molecule has 8 nitrogen and oxygen atoms in total. The van der Waals surface area contributed by atoms with Crippen LogP contribution in [0.1, 0.15) is 57.4 Å². The van der Waals surface area contributed by atoms with E-state index in [-0.39, 0.29) is 19.3 Å². The molecule has 1 amide bonds. The van der Waals surface area contributed by atoms with E-state index in [0.29, 0.717) is 6.61 Å². The topological polar surface area (TPSA) is 135 Å². The van der Waals surface area contributed by atoms with Crippen molar-refractivity contribution in [2.24, 2.45) is 5.73 Å². The van der Waals surface area contributed by atoms with Crippen molar-refractivity contribution in [1.29, 1.82) is 0 Å². The number of fused-ring (bicyclic) bond motifs is 1. The van der Waals surface area contributed by atoms with Gasteiger partial charge >= 0.3 is 11.9 Å². The Morgan fingerprint density at radius 2 is 1.90 bits per heavy atom. The average Bonchev–Trinajstić information content (AvgIpc) is 3.16. The second kappa shape index (κ2) is 12.7. The molecule has 170 valence electrons. The number of H-pyrrole nitrogens is 1. The van der Waals surface area contributed by atoms with E-state index in [1.165, 1.54) is 0 Å². The second-order valence-electron chi connectivity index (χ2n) is 7.75. The third-order valence-electron chi connectivity index (χ3n) is 5.21. The molecule has 8 heteroatoms. The largest absolute Gasteiger partial charge is 0.480 e. The highest BCUT2D eigenvalue weighted by atomic mass is 16.5. The summed E-state index contributed by atoms with van der Waals surface area (Å²) in [5.74, 6) is -2.08. The lowest BCUT2D eigenvalue weighted by atomic mass is 10.0. The van der Waals surface area contributed by atoms with Gasteiger partial charge in [-0.2, -0.15) is 0 Å². The number of carboxylic acids is 1. The monoisotopic (exact) mass is 431 g/mol. The Morgan fingerprint density at radius 1 is 1.16 bits per heavy atom. The molecule has 0 saturated carbocycles. The van der Waals surface area contributed by atoms with Gasteiger partial charge in [0.1, 0.15) is 12.1 Å². The van der Waals surface area contributed by atoms with Crippen LogP contribution in [-0.4, -0.2) is 46.6 Å². The molecule has 5 N–H and O–H groups in total. The van der Waals surface area contributed by atoms with Crippen molar-refractivity contribution in [1.82, 2.24) is 10.3 Å². The highest BCUT2D eigenvalue weighted by Gasteiger charge is 2.24. The molecule has 0 radical (unpaired) electrons. The lowest BCUT2D eigenvalue weighted by Crippen LogP contribution is -2.44. The molecule has 31 heavy (non-hydrogen) atoms. The number of unbranched alkanes of at least 4 members (excludes halogenated alkanes) is 4. The van der Waals surface area contributed by atoms with Gasteiger partial charge in [0, 0.05) is 29.9 Å². The van der Waals surface area contributed by atoms with E-state index >= 15 is 0 Å². The summed E-state index contributed by atoms with van der Waals surface area (Å²) in [6.45, 7) is 2.45. The smallest absolute Gasteiger partial charge is 0.328 e. The van der Waals surface area contributed by atoms with Gasteiger partial charge in [0.2, 0.25) is 5.91 Å². The number of carbonyl (C=O) groups is 3. The van der Waals surface area contributed by atoms with E-state index in [9.17, 15) is 14.4 Å². The quantitative estimate of drug-likeness (QED) is 0.268. The maximum atomic E-state index is 12.7. The molecule has 0 spiro atoms. The van der Waals surface area contributed by atoms with Crippen LogP contribution in [0.4, 0.5) is 0 Å². The molecule has 1 aromatic heterocycles. The second-order valence-corrected chi connectivity index (χ2v) is 7.75. The van der Waals surface area contributed by atoms with E-state index in [1.54, 1.807) is 0 Å². The van der Waals surface area contributed by atoms with E-state index in [2.05, 4.69) is 17.2 Å². The Labute approximate surface area is 182 Å². The fraction of sp³-hybridized carbons (Fsp3) is 0.522. The third kappa shape index (κ3) is 8.05. The zero-order chi connectivity index (χ0) is 22.6. The van der Waals surface area contributed by atoms with Crippen molar-refractivity contribution in [2.45, 2.75) is 70.4 Å². The maximum Gasteiger partial charge on any atom is 0.328 e. The molecule has 2 rings (SSSR count). The highest BCUT2D eigenvalue weighted by molar-refractivity contribution is 5.87. The number of nitrogens with two attached hydrogens (primary N) is 1. The van der Waals surface area contributed by atoms with E-state index in [0.717, 1.165) is 48.6 Å². The number of para-hydroxylation sites is 1. The molecule has 0 bridgehead atoms. The Morgan fingerprint density at radius 3 is 2.65 bits per heavy atom. The van der Waals surface area contributed by atoms with Gasteiger partial charge in [-0.1, -0.05) is 50.8 Å². The van der Waals surface area contributed by atoms with Crippen LogP contribution in [0, 0.1) is 0 Å². The first-order valence-corrected chi connectivity index (χ1v) is 10.9. The highest BCUT2D eigenvalue weighted by Crippen LogP contribution is 2.19. The minimum Gasteiger partial charge on any atom is -0.480 e. The number of carbonyl (C=O) groups excluding carboxylic acids is 2. The van der Waals surface area contributed by atoms with Crippen LogP contribution in [0.3, 0.4) is 0 Å². The first-order chi connectivity index (χ1) is 14.9. The van der Waals surface area contributed by atoms with E-state index in [4.69, 9.17) is 15.6 Å². The van der Waals surface area contributed by atoms with Crippen LogP contribution in [0.25, 0.3) is 10.9 Å². The normalized spacial score (nSPS) is 13.0. The molecule has 0 unspecified atom stereocenters. The van der Waals surface area contributed by atoms with Crippen LogP contribution in [0.5, 0.6) is 0 Å². The molecule has 0 aliphatic rings. The van der Waals surface area contributed by atoms with Crippen LogP contribution >= 0.6 is 0 Å². The van der Waals surface area contributed by atoms with Gasteiger partial charge in [-0.15, -0.1) is 0 Å². The predicted octanol–water partition coefficient (Wildman–Crippen LogP) is 2.90. The molecule has 0 aliphatic heterocycles. The summed E-state index contributed by atoms with van der Waals surface area (Å²) in [6, 6.07) is 5.74. The first kappa shape index (κ1) is 24.4. The number of ether oxygens (including phenoxy) is 1. The van der Waals surface area contributed by atoms with Crippen molar-refractivity contribution in [2.75, 3.05) is 6.61 Å². The Hall–Kier alpha value is -2.87. The van der Waals surface area contributed by atoms with Crippen molar-refractivity contribution < 1.29 is 24.2 Å². The van der Waals surface area contributed by atoms with Crippen LogP contribution in [0.2, 0.25) is 0 Å². The van der Waals surface area contributed by atoms with Crippen LogP contribution in [0.15, 0.2) is 30.5 Å². The summed E-state index contributed by atoms with van der Waals surface area (Å²) < 4.78 is 5.43. The van der Waals surface area contributed by atoms with Crippen LogP contribution in [-0.2, 0) is 25.5 Å². The van der Waals surface area contributed by atoms with Gasteiger partial charge in [-0.25, -0.2) is 4.79 Å². The fourth-order valence-electron chi connectivity index (χ4n) is 3.37. The minimum absolute atomic E-state index is 0.00650. The maximum absolute atomic E-state index is 12.7. The minimum atomic E-state index is -1.16. The van der Waals surface area contributed by atoms with Gasteiger partial charge in [0.05, 0.1) is 6.61 Å². The number of carboxylic acid groups (broad SMARTS) is 1. The molecule has 1 aromatic carbocycles. The fourth-order valence-corrected chi connectivity index (χ4v) is 3.37. The van der Waals surface area contributed by atoms with Gasteiger partial charge in [0.25, 0.3) is 0 Å². The Bertz CT molecular complexity index is 864. The molecule has 0 saturated heterocycles. The molecular formula is C23H33N3O5. The molecule has 0 fully saturated rings. The lowest BCUT2D eigenvalue weighted by molar-refractivity contribution is -0.148. The number of rotatable bonds is 14. The molecule has 2 atom stereocenters. The van der Waals surface area contributed by atoms with Crippen molar-refractivity contribution in [3.63, 3.8) is 0 Å². The first-order valence-electron chi connectivity index (χ1n) is 10.9. The number of aromatic nitrogens is 1. The standard InChI is InChI=1S/C23H33N3O5/c1-2-3-4-5-8-13-31-23(30)20(26-21(27)12-11-18(24)22(28)29)14-16-15-25-19-10-7-6-9-17(16)19/h6-7,9-10,15,18,20,25H,2-5,8,11-14,24H2,1H3,(H,26,27)(H,28,29)/t18-,20+/m1/s1. The molecule has 1 heterocycles. The SMILES string of the molecule is CCCCCCCOC(=O)[C@H](Cc1c[nH]c2ccccc12)NC(=O)CC[C@@H](N)C(=O)O. The summed E-state index contributed by atoms with van der Waals surface area (Å²) in [7, 11) is 0.